The number of aromatic nitrogens is 4. The normalized spacial score (nSPS) is 12.0. The average molecular weight is 521 g/mol. The van der Waals surface area contributed by atoms with Crippen LogP contribution in [0.15, 0.2) is 107 Å². The molecule has 0 spiro atoms. The second kappa shape index (κ2) is 9.52. The van der Waals surface area contributed by atoms with Crippen molar-refractivity contribution in [2.24, 2.45) is 9.98 Å². The van der Waals surface area contributed by atoms with Crippen LogP contribution >= 0.6 is 0 Å². The van der Waals surface area contributed by atoms with E-state index in [1.54, 1.807) is 61.2 Å². The van der Waals surface area contributed by atoms with Crippen molar-refractivity contribution >= 4 is 67.7 Å². The number of pyridine rings is 2. The lowest BCUT2D eigenvalue weighted by atomic mass is 10.1. The third-order valence-electron chi connectivity index (χ3n) is 6.67. The lowest BCUT2D eigenvalue weighted by Gasteiger charge is -2.10. The maximum atomic E-state index is 10.2. The van der Waals surface area contributed by atoms with Crippen molar-refractivity contribution in [2.75, 3.05) is 0 Å². The number of nitrogens with zero attached hydrogens (tertiary/aromatic N) is 6. The zero-order valence-corrected chi connectivity index (χ0v) is 21.0. The number of phenols is 2. The summed E-state index contributed by atoms with van der Waals surface area (Å²) in [4.78, 5) is 28.5. The van der Waals surface area contributed by atoms with Crippen LogP contribution in [-0.2, 0) is 0 Å². The van der Waals surface area contributed by atoms with E-state index in [9.17, 15) is 10.2 Å². The van der Waals surface area contributed by atoms with Crippen LogP contribution in [0.2, 0.25) is 0 Å². The molecule has 8 heteroatoms. The molecule has 0 aliphatic heterocycles. The van der Waals surface area contributed by atoms with Gasteiger partial charge < -0.3 is 10.2 Å². The van der Waals surface area contributed by atoms with Crippen molar-refractivity contribution in [3.8, 4) is 11.5 Å². The highest BCUT2D eigenvalue weighted by Gasteiger charge is 2.15. The molecule has 4 aromatic carbocycles. The molecule has 0 saturated carbocycles. The third kappa shape index (κ3) is 4.04. The van der Waals surface area contributed by atoms with E-state index in [1.807, 2.05) is 48.5 Å². The van der Waals surface area contributed by atoms with E-state index in [4.69, 9.17) is 9.97 Å². The summed E-state index contributed by atoms with van der Waals surface area (Å²) in [6.07, 6.45) is 6.67. The number of benzene rings is 4. The van der Waals surface area contributed by atoms with Gasteiger partial charge in [-0.3, -0.25) is 20.0 Å². The molecule has 0 atom stereocenters. The summed E-state index contributed by atoms with van der Waals surface area (Å²) in [6, 6.07) is 25.3. The number of aliphatic imine (C=N–C) groups is 2. The predicted molar refractivity (Wildman–Crippen MR) is 158 cm³/mol. The molecule has 8 nitrogen and oxygen atoms in total. The van der Waals surface area contributed by atoms with Crippen LogP contribution in [0.3, 0.4) is 0 Å². The average Bonchev–Trinajstić information content (AvgIpc) is 2.99. The minimum Gasteiger partial charge on any atom is -0.507 e. The lowest BCUT2D eigenvalue weighted by Crippen LogP contribution is -1.94. The standard InChI is InChI=1S/C32H20N6O2/c39-27-11-3-1-7-19(27)17-35-23-15-25-26(16-24(23)36-18-20-8-2-4-12-28(20)40)38-32-22-10-6-14-34-30(22)29-21(31(32)37-25)9-5-13-33-29/h1-18,39-40H. The molecule has 3 aromatic heterocycles. The number of para-hydroxylation sites is 2. The largest absolute Gasteiger partial charge is 0.507 e. The Morgan fingerprint density at radius 2 is 0.975 bits per heavy atom. The first-order valence-corrected chi connectivity index (χ1v) is 12.6. The molecule has 190 valence electrons. The Morgan fingerprint density at radius 1 is 0.525 bits per heavy atom. The highest BCUT2D eigenvalue weighted by Crippen LogP contribution is 2.36. The van der Waals surface area contributed by atoms with Crippen LogP contribution in [0, 0.1) is 0 Å². The zero-order chi connectivity index (χ0) is 27.1. The summed E-state index contributed by atoms with van der Waals surface area (Å²) in [6.45, 7) is 0. The molecule has 40 heavy (non-hydrogen) atoms. The van der Waals surface area contributed by atoms with E-state index < -0.39 is 0 Å². The Bertz CT molecular complexity index is 2000. The fraction of sp³-hybridized carbons (Fsp3) is 0. The maximum Gasteiger partial charge on any atom is 0.124 e. The molecule has 0 unspecified atom stereocenters. The first kappa shape index (κ1) is 23.4. The SMILES string of the molecule is Oc1ccccc1C=Nc1cc2nc3c4cccnc4c4ncccc4c3nc2cc1N=Cc1ccccc1O. The Labute approximate surface area is 227 Å². The summed E-state index contributed by atoms with van der Waals surface area (Å²) in [5.74, 6) is 0.244. The van der Waals surface area contributed by atoms with Crippen molar-refractivity contribution in [1.82, 2.24) is 19.9 Å². The van der Waals surface area contributed by atoms with Gasteiger partial charge in [-0.1, -0.05) is 24.3 Å². The number of fused-ring (bicyclic) bond motifs is 7. The molecule has 3 heterocycles. The van der Waals surface area contributed by atoms with Gasteiger partial charge in [0.2, 0.25) is 0 Å². The molecular weight excluding hydrogens is 500 g/mol. The number of rotatable bonds is 4. The quantitative estimate of drug-likeness (QED) is 0.150. The van der Waals surface area contributed by atoms with E-state index in [2.05, 4.69) is 20.0 Å². The first-order chi connectivity index (χ1) is 19.7. The summed E-state index contributed by atoms with van der Waals surface area (Å²) in [5, 5.41) is 22.2. The molecule has 0 radical (unpaired) electrons. The molecule has 0 amide bonds. The fourth-order valence-corrected chi connectivity index (χ4v) is 4.70. The van der Waals surface area contributed by atoms with Crippen LogP contribution in [0.4, 0.5) is 11.4 Å². The van der Waals surface area contributed by atoms with E-state index in [0.29, 0.717) is 33.5 Å². The van der Waals surface area contributed by atoms with Crippen molar-refractivity contribution in [3.05, 3.63) is 108 Å². The van der Waals surface area contributed by atoms with Crippen LogP contribution in [0.25, 0.3) is 43.9 Å². The van der Waals surface area contributed by atoms with Gasteiger partial charge in [0.15, 0.2) is 0 Å². The highest BCUT2D eigenvalue weighted by molar-refractivity contribution is 6.21. The lowest BCUT2D eigenvalue weighted by molar-refractivity contribution is 0.474. The number of phenolic OH excluding ortho intramolecular Hbond substituents is 2. The summed E-state index contributed by atoms with van der Waals surface area (Å²) in [5.41, 5.74) is 6.43. The zero-order valence-electron chi connectivity index (χ0n) is 21.0. The topological polar surface area (TPSA) is 117 Å². The molecule has 0 bridgehead atoms. The molecule has 0 saturated heterocycles. The van der Waals surface area contributed by atoms with E-state index in [0.717, 1.165) is 32.8 Å². The molecular formula is C32H20N6O2. The van der Waals surface area contributed by atoms with Gasteiger partial charge in [-0.15, -0.1) is 0 Å². The van der Waals surface area contributed by atoms with Gasteiger partial charge in [-0.05, 0) is 60.7 Å². The van der Waals surface area contributed by atoms with Gasteiger partial charge in [0, 0.05) is 46.7 Å². The predicted octanol–water partition coefficient (Wildman–Crippen LogP) is 6.79. The second-order valence-electron chi connectivity index (χ2n) is 9.18. The van der Waals surface area contributed by atoms with E-state index >= 15 is 0 Å². The summed E-state index contributed by atoms with van der Waals surface area (Å²) >= 11 is 0. The van der Waals surface area contributed by atoms with Gasteiger partial charge in [0.25, 0.3) is 0 Å². The number of hydrogen-bond acceptors (Lipinski definition) is 8. The van der Waals surface area contributed by atoms with Gasteiger partial charge in [0.1, 0.15) is 11.5 Å². The van der Waals surface area contributed by atoms with Crippen LogP contribution in [-0.4, -0.2) is 42.6 Å². The van der Waals surface area contributed by atoms with Crippen molar-refractivity contribution in [1.29, 1.82) is 0 Å². The smallest absolute Gasteiger partial charge is 0.124 e. The Kier molecular flexibility index (Phi) is 5.56. The number of hydrogen-bond donors (Lipinski definition) is 2. The van der Waals surface area contributed by atoms with Gasteiger partial charge in [-0.25, -0.2) is 9.97 Å². The molecule has 0 aliphatic rings. The number of aromatic hydroxyl groups is 2. The Morgan fingerprint density at radius 3 is 1.43 bits per heavy atom. The fourth-order valence-electron chi connectivity index (χ4n) is 4.70. The first-order valence-electron chi connectivity index (χ1n) is 12.6. The summed E-state index contributed by atoms with van der Waals surface area (Å²) < 4.78 is 0. The maximum absolute atomic E-state index is 10.2. The van der Waals surface area contributed by atoms with E-state index in [-0.39, 0.29) is 11.5 Å². The monoisotopic (exact) mass is 520 g/mol. The minimum atomic E-state index is 0.122. The van der Waals surface area contributed by atoms with Gasteiger partial charge in [0.05, 0.1) is 44.5 Å². The van der Waals surface area contributed by atoms with E-state index in [1.165, 1.54) is 0 Å². The third-order valence-corrected chi connectivity index (χ3v) is 6.67. The Hall–Kier alpha value is -5.76. The molecule has 0 aliphatic carbocycles. The van der Waals surface area contributed by atoms with Gasteiger partial charge >= 0.3 is 0 Å². The van der Waals surface area contributed by atoms with Gasteiger partial charge in [-0.2, -0.15) is 0 Å². The molecule has 0 fully saturated rings. The summed E-state index contributed by atoms with van der Waals surface area (Å²) in [7, 11) is 0. The molecule has 7 aromatic rings. The van der Waals surface area contributed by atoms with Crippen molar-refractivity contribution in [3.63, 3.8) is 0 Å². The highest BCUT2D eigenvalue weighted by atomic mass is 16.3. The van der Waals surface area contributed by atoms with Crippen LogP contribution in [0.5, 0.6) is 11.5 Å². The molecule has 2 N–H and O–H groups in total. The van der Waals surface area contributed by atoms with Crippen molar-refractivity contribution in [2.45, 2.75) is 0 Å². The minimum absolute atomic E-state index is 0.122. The van der Waals surface area contributed by atoms with Crippen molar-refractivity contribution < 1.29 is 10.2 Å². The Balaban J connectivity index is 1.49. The van der Waals surface area contributed by atoms with Crippen LogP contribution < -0.4 is 0 Å². The molecule has 7 rings (SSSR count). The second-order valence-corrected chi connectivity index (χ2v) is 9.18. The van der Waals surface area contributed by atoms with Crippen LogP contribution in [0.1, 0.15) is 11.1 Å².